The topological polar surface area (TPSA) is 36.1 Å². The third-order valence-corrected chi connectivity index (χ3v) is 3.18. The summed E-state index contributed by atoms with van der Waals surface area (Å²) in [5.74, 6) is -0.0573. The highest BCUT2D eigenvalue weighted by molar-refractivity contribution is 7.07. The maximum Gasteiger partial charge on any atom is 0.270 e. The van der Waals surface area contributed by atoms with Crippen LogP contribution in [-0.2, 0) is 6.54 Å². The van der Waals surface area contributed by atoms with Crippen LogP contribution in [0, 0.1) is 0 Å². The fourth-order valence-electron chi connectivity index (χ4n) is 1.43. The van der Waals surface area contributed by atoms with Crippen molar-refractivity contribution in [3.8, 4) is 0 Å². The number of aromatic nitrogens is 1. The van der Waals surface area contributed by atoms with Crippen LogP contribution in [0.2, 0.25) is 5.02 Å². The average Bonchev–Trinajstić information content (AvgIpc) is 2.88. The van der Waals surface area contributed by atoms with Crippen LogP contribution in [0.3, 0.4) is 0 Å². The van der Waals surface area contributed by atoms with Crippen LogP contribution in [0.25, 0.3) is 0 Å². The molecule has 0 unspecified atom stereocenters. The van der Waals surface area contributed by atoms with Gasteiger partial charge in [0.05, 0.1) is 5.02 Å². The van der Waals surface area contributed by atoms with Crippen molar-refractivity contribution in [2.24, 2.45) is 0 Å². The Morgan fingerprint density at radius 1 is 1.62 bits per heavy atom. The number of carbonyl (C=O) groups excluding carboxylic acids is 1. The molecule has 0 atom stereocenters. The minimum atomic E-state index is -0.0573. The van der Waals surface area contributed by atoms with E-state index >= 15 is 0 Å². The highest BCUT2D eigenvalue weighted by Crippen LogP contribution is 2.13. The maximum absolute atomic E-state index is 11.9. The summed E-state index contributed by atoms with van der Waals surface area (Å²) in [4.78, 5) is 16.4. The summed E-state index contributed by atoms with van der Waals surface area (Å²) in [6.07, 6.45) is 1.60. The molecule has 16 heavy (non-hydrogen) atoms. The Kier molecular flexibility index (Phi) is 3.31. The van der Waals surface area contributed by atoms with Crippen molar-refractivity contribution in [3.63, 3.8) is 0 Å². The quantitative estimate of drug-likeness (QED) is 0.898. The predicted octanol–water partition coefficient (Wildman–Crippen LogP) is 3.00. The fourth-order valence-corrected chi connectivity index (χ4v) is 2.25. The van der Waals surface area contributed by atoms with E-state index in [2.05, 4.69) is 4.98 Å². The van der Waals surface area contributed by atoms with Crippen LogP contribution >= 0.6 is 22.9 Å². The maximum atomic E-state index is 11.9. The fraction of sp³-hybridized carbons (Fsp3) is 0.182. The molecule has 3 nitrogen and oxygen atoms in total. The van der Waals surface area contributed by atoms with Crippen LogP contribution in [0.1, 0.15) is 16.1 Å². The second-order valence-electron chi connectivity index (χ2n) is 3.52. The SMILES string of the molecule is CN(Cc1ccsc1)C(=O)c1cc(Cl)c[nH]1. The molecular formula is C11H11ClN2OS. The van der Waals surface area contributed by atoms with Gasteiger partial charge < -0.3 is 9.88 Å². The van der Waals surface area contributed by atoms with Gasteiger partial charge in [0.15, 0.2) is 0 Å². The Morgan fingerprint density at radius 2 is 2.44 bits per heavy atom. The Balaban J connectivity index is 2.05. The van der Waals surface area contributed by atoms with E-state index in [0.717, 1.165) is 5.56 Å². The molecule has 5 heteroatoms. The Hall–Kier alpha value is -1.26. The van der Waals surface area contributed by atoms with Crippen molar-refractivity contribution in [3.05, 3.63) is 45.4 Å². The molecular weight excluding hydrogens is 244 g/mol. The molecule has 0 fully saturated rings. The van der Waals surface area contributed by atoms with Crippen molar-refractivity contribution in [2.75, 3.05) is 7.05 Å². The van der Waals surface area contributed by atoms with Crippen molar-refractivity contribution in [1.29, 1.82) is 0 Å². The monoisotopic (exact) mass is 254 g/mol. The van der Waals surface area contributed by atoms with Crippen molar-refractivity contribution in [2.45, 2.75) is 6.54 Å². The van der Waals surface area contributed by atoms with Gasteiger partial charge in [-0.15, -0.1) is 0 Å². The molecule has 2 rings (SSSR count). The van der Waals surface area contributed by atoms with Crippen molar-refractivity contribution >= 4 is 28.8 Å². The highest BCUT2D eigenvalue weighted by Gasteiger charge is 2.13. The number of aromatic amines is 1. The summed E-state index contributed by atoms with van der Waals surface area (Å²) in [6, 6.07) is 3.64. The first kappa shape index (κ1) is 11.2. The lowest BCUT2D eigenvalue weighted by atomic mass is 10.3. The molecule has 0 bridgehead atoms. The molecule has 0 saturated heterocycles. The predicted molar refractivity (Wildman–Crippen MR) is 65.9 cm³/mol. The van der Waals surface area contributed by atoms with Gasteiger partial charge in [-0.25, -0.2) is 0 Å². The van der Waals surface area contributed by atoms with Crippen LogP contribution < -0.4 is 0 Å². The summed E-state index contributed by atoms with van der Waals surface area (Å²) in [5, 5.41) is 4.58. The first-order valence-electron chi connectivity index (χ1n) is 4.77. The third-order valence-electron chi connectivity index (χ3n) is 2.22. The summed E-state index contributed by atoms with van der Waals surface area (Å²) in [6.45, 7) is 0.610. The Bertz CT molecular complexity index is 478. The molecule has 0 aliphatic heterocycles. The minimum Gasteiger partial charge on any atom is -0.356 e. The molecule has 0 radical (unpaired) electrons. The van der Waals surface area contributed by atoms with E-state index in [1.165, 1.54) is 0 Å². The number of amides is 1. The molecule has 0 spiro atoms. The molecule has 0 aliphatic rings. The van der Waals surface area contributed by atoms with E-state index in [1.807, 2.05) is 16.8 Å². The number of halogens is 1. The highest BCUT2D eigenvalue weighted by atomic mass is 35.5. The zero-order valence-electron chi connectivity index (χ0n) is 8.74. The molecule has 0 aliphatic carbocycles. The van der Waals surface area contributed by atoms with E-state index in [4.69, 9.17) is 11.6 Å². The molecule has 0 aromatic carbocycles. The Morgan fingerprint density at radius 3 is 3.00 bits per heavy atom. The smallest absolute Gasteiger partial charge is 0.270 e. The number of nitrogens with zero attached hydrogens (tertiary/aromatic N) is 1. The van der Waals surface area contributed by atoms with Gasteiger partial charge in [-0.1, -0.05) is 11.6 Å². The van der Waals surface area contributed by atoms with Gasteiger partial charge in [-0.05, 0) is 28.5 Å². The molecule has 84 valence electrons. The van der Waals surface area contributed by atoms with E-state index in [0.29, 0.717) is 17.3 Å². The van der Waals surface area contributed by atoms with Gasteiger partial charge in [-0.2, -0.15) is 11.3 Å². The van der Waals surface area contributed by atoms with Gasteiger partial charge in [0.2, 0.25) is 0 Å². The van der Waals surface area contributed by atoms with Gasteiger partial charge in [0.1, 0.15) is 5.69 Å². The van der Waals surface area contributed by atoms with Gasteiger partial charge >= 0.3 is 0 Å². The van der Waals surface area contributed by atoms with Crippen molar-refractivity contribution in [1.82, 2.24) is 9.88 Å². The molecule has 2 heterocycles. The Labute approximate surface area is 103 Å². The van der Waals surface area contributed by atoms with E-state index in [-0.39, 0.29) is 5.91 Å². The molecule has 1 amide bonds. The van der Waals surface area contributed by atoms with E-state index in [1.54, 1.807) is 35.5 Å². The van der Waals surface area contributed by atoms with Crippen LogP contribution in [0.4, 0.5) is 0 Å². The molecule has 2 aromatic rings. The first-order chi connectivity index (χ1) is 7.66. The lowest BCUT2D eigenvalue weighted by Gasteiger charge is -2.15. The van der Waals surface area contributed by atoms with Crippen LogP contribution in [0.5, 0.6) is 0 Å². The zero-order valence-corrected chi connectivity index (χ0v) is 10.3. The molecule has 2 aromatic heterocycles. The third kappa shape index (κ3) is 2.46. The van der Waals surface area contributed by atoms with Crippen molar-refractivity contribution < 1.29 is 4.79 Å². The van der Waals surface area contributed by atoms with E-state index in [9.17, 15) is 4.79 Å². The number of hydrogen-bond acceptors (Lipinski definition) is 2. The van der Waals surface area contributed by atoms with Crippen LogP contribution in [0.15, 0.2) is 29.1 Å². The number of thiophene rings is 1. The lowest BCUT2D eigenvalue weighted by Crippen LogP contribution is -2.26. The molecule has 0 saturated carbocycles. The summed E-state index contributed by atoms with van der Waals surface area (Å²) in [5.41, 5.74) is 1.65. The second-order valence-corrected chi connectivity index (χ2v) is 4.74. The second kappa shape index (κ2) is 4.72. The first-order valence-corrected chi connectivity index (χ1v) is 6.09. The average molecular weight is 255 g/mol. The van der Waals surface area contributed by atoms with Gasteiger partial charge in [-0.3, -0.25) is 4.79 Å². The normalized spacial score (nSPS) is 10.4. The molecule has 1 N–H and O–H groups in total. The standard InChI is InChI=1S/C11H11ClN2OS/c1-14(6-8-2-3-16-7-8)11(15)10-4-9(12)5-13-10/h2-5,7,13H,6H2,1H3. The zero-order chi connectivity index (χ0) is 11.5. The van der Waals surface area contributed by atoms with Crippen LogP contribution in [-0.4, -0.2) is 22.8 Å². The number of rotatable bonds is 3. The van der Waals surface area contributed by atoms with Gasteiger partial charge in [0, 0.05) is 19.8 Å². The summed E-state index contributed by atoms with van der Waals surface area (Å²) < 4.78 is 0. The lowest BCUT2D eigenvalue weighted by molar-refractivity contribution is 0.0780. The number of carbonyl (C=O) groups is 1. The minimum absolute atomic E-state index is 0.0573. The number of hydrogen-bond donors (Lipinski definition) is 1. The summed E-state index contributed by atoms with van der Waals surface area (Å²) in [7, 11) is 1.77. The van der Waals surface area contributed by atoms with E-state index < -0.39 is 0 Å². The number of nitrogens with one attached hydrogen (secondary N) is 1. The largest absolute Gasteiger partial charge is 0.356 e. The summed E-state index contributed by atoms with van der Waals surface area (Å²) >= 11 is 7.38. The number of H-pyrrole nitrogens is 1. The van der Waals surface area contributed by atoms with Gasteiger partial charge in [0.25, 0.3) is 5.91 Å².